The van der Waals surface area contributed by atoms with E-state index in [1.165, 1.54) is 37.9 Å². The normalized spacial score (nSPS) is 26.7. The Morgan fingerprint density at radius 2 is 2.00 bits per heavy atom. The van der Waals surface area contributed by atoms with Gasteiger partial charge in [-0.1, -0.05) is 18.2 Å². The predicted octanol–water partition coefficient (Wildman–Crippen LogP) is 2.55. The SMILES string of the molecule is COc1ccccc1C1CC12CCNCC2. The average Bonchev–Trinajstić information content (AvgIpc) is 3.03. The zero-order valence-corrected chi connectivity index (χ0v) is 9.83. The van der Waals surface area contributed by atoms with Crippen molar-refractivity contribution in [3.63, 3.8) is 0 Å². The molecule has 0 amide bonds. The Morgan fingerprint density at radius 1 is 1.25 bits per heavy atom. The van der Waals surface area contributed by atoms with Gasteiger partial charge in [-0.15, -0.1) is 0 Å². The fourth-order valence-corrected chi connectivity index (χ4v) is 3.22. The molecule has 1 aliphatic heterocycles. The summed E-state index contributed by atoms with van der Waals surface area (Å²) in [6.07, 6.45) is 4.01. The molecule has 1 aromatic rings. The Bertz CT molecular complexity index is 382. The van der Waals surface area contributed by atoms with Gasteiger partial charge in [-0.3, -0.25) is 0 Å². The first-order valence-corrected chi connectivity index (χ1v) is 6.19. The number of para-hydroxylation sites is 1. The van der Waals surface area contributed by atoms with E-state index in [1.54, 1.807) is 7.11 Å². The molecule has 3 rings (SSSR count). The van der Waals surface area contributed by atoms with Crippen molar-refractivity contribution in [3.05, 3.63) is 29.8 Å². The molecule has 1 heterocycles. The molecular weight excluding hydrogens is 198 g/mol. The molecule has 0 radical (unpaired) electrons. The van der Waals surface area contributed by atoms with Crippen LogP contribution in [0.4, 0.5) is 0 Å². The van der Waals surface area contributed by atoms with Crippen LogP contribution in [-0.4, -0.2) is 20.2 Å². The Balaban J connectivity index is 1.84. The molecule has 1 aromatic carbocycles. The standard InChI is InChI=1S/C14H19NO/c1-16-13-5-3-2-4-11(13)12-10-14(12)6-8-15-9-7-14/h2-5,12,15H,6-10H2,1H3. The molecule has 2 heteroatoms. The van der Waals surface area contributed by atoms with E-state index in [1.807, 2.05) is 0 Å². The maximum absolute atomic E-state index is 5.46. The third-order valence-electron chi connectivity index (χ3n) is 4.30. The van der Waals surface area contributed by atoms with Crippen LogP contribution < -0.4 is 10.1 Å². The van der Waals surface area contributed by atoms with Crippen LogP contribution in [0.1, 0.15) is 30.7 Å². The summed E-state index contributed by atoms with van der Waals surface area (Å²) in [5, 5.41) is 3.45. The second kappa shape index (κ2) is 3.77. The summed E-state index contributed by atoms with van der Waals surface area (Å²) >= 11 is 0. The monoisotopic (exact) mass is 217 g/mol. The molecule has 1 saturated heterocycles. The van der Waals surface area contributed by atoms with Crippen LogP contribution in [0.3, 0.4) is 0 Å². The van der Waals surface area contributed by atoms with Crippen molar-refractivity contribution in [1.82, 2.24) is 5.32 Å². The van der Waals surface area contributed by atoms with Crippen LogP contribution in [0, 0.1) is 5.41 Å². The molecule has 1 atom stereocenters. The number of hydrogen-bond acceptors (Lipinski definition) is 2. The third kappa shape index (κ3) is 1.52. The first kappa shape index (κ1) is 10.2. The third-order valence-corrected chi connectivity index (χ3v) is 4.30. The molecule has 0 bridgehead atoms. The summed E-state index contributed by atoms with van der Waals surface area (Å²) in [7, 11) is 1.77. The van der Waals surface area contributed by atoms with Crippen LogP contribution in [-0.2, 0) is 0 Å². The first-order chi connectivity index (χ1) is 7.86. The molecule has 0 aromatic heterocycles. The fraction of sp³-hybridized carbons (Fsp3) is 0.571. The summed E-state index contributed by atoms with van der Waals surface area (Å²) < 4.78 is 5.46. The second-order valence-electron chi connectivity index (χ2n) is 5.11. The van der Waals surface area contributed by atoms with E-state index >= 15 is 0 Å². The highest BCUT2D eigenvalue weighted by molar-refractivity contribution is 5.41. The van der Waals surface area contributed by atoms with Crippen LogP contribution in [0.25, 0.3) is 0 Å². The zero-order valence-electron chi connectivity index (χ0n) is 9.83. The molecule has 16 heavy (non-hydrogen) atoms. The van der Waals surface area contributed by atoms with E-state index in [9.17, 15) is 0 Å². The molecular formula is C14H19NO. The summed E-state index contributed by atoms with van der Waals surface area (Å²) in [6.45, 7) is 2.37. The van der Waals surface area contributed by atoms with Gasteiger partial charge in [-0.05, 0) is 55.3 Å². The van der Waals surface area contributed by atoms with Gasteiger partial charge in [0, 0.05) is 0 Å². The topological polar surface area (TPSA) is 21.3 Å². The van der Waals surface area contributed by atoms with E-state index < -0.39 is 0 Å². The van der Waals surface area contributed by atoms with Crippen LogP contribution >= 0.6 is 0 Å². The number of nitrogens with one attached hydrogen (secondary N) is 1. The molecule has 2 aliphatic rings. The number of rotatable bonds is 2. The number of methoxy groups -OCH3 is 1. The molecule has 2 nitrogen and oxygen atoms in total. The lowest BCUT2D eigenvalue weighted by Gasteiger charge is -2.24. The minimum Gasteiger partial charge on any atom is -0.496 e. The Hall–Kier alpha value is -1.02. The van der Waals surface area contributed by atoms with E-state index in [2.05, 4.69) is 29.6 Å². The zero-order chi connectivity index (χ0) is 11.0. The molecule has 1 unspecified atom stereocenters. The average molecular weight is 217 g/mol. The van der Waals surface area contributed by atoms with Crippen LogP contribution in [0.15, 0.2) is 24.3 Å². The lowest BCUT2D eigenvalue weighted by Crippen LogP contribution is -2.29. The molecule has 1 N–H and O–H groups in total. The smallest absolute Gasteiger partial charge is 0.122 e. The predicted molar refractivity (Wildman–Crippen MR) is 64.9 cm³/mol. The van der Waals surface area contributed by atoms with Crippen molar-refractivity contribution in [2.75, 3.05) is 20.2 Å². The van der Waals surface area contributed by atoms with Crippen molar-refractivity contribution in [2.24, 2.45) is 5.41 Å². The highest BCUT2D eigenvalue weighted by Crippen LogP contribution is 2.65. The molecule has 1 aliphatic carbocycles. The minimum atomic E-state index is 0.597. The van der Waals surface area contributed by atoms with Gasteiger partial charge in [0.2, 0.25) is 0 Å². The van der Waals surface area contributed by atoms with E-state index in [4.69, 9.17) is 4.74 Å². The number of piperidine rings is 1. The van der Waals surface area contributed by atoms with Gasteiger partial charge in [-0.2, -0.15) is 0 Å². The van der Waals surface area contributed by atoms with Gasteiger partial charge < -0.3 is 10.1 Å². The van der Waals surface area contributed by atoms with Gasteiger partial charge in [0.25, 0.3) is 0 Å². The summed E-state index contributed by atoms with van der Waals surface area (Å²) in [5.74, 6) is 1.81. The van der Waals surface area contributed by atoms with Crippen molar-refractivity contribution < 1.29 is 4.74 Å². The molecule has 1 saturated carbocycles. The number of benzene rings is 1. The van der Waals surface area contributed by atoms with Crippen LogP contribution in [0.5, 0.6) is 5.75 Å². The molecule has 2 fully saturated rings. The number of ether oxygens (including phenoxy) is 1. The minimum absolute atomic E-state index is 0.597. The summed E-state index contributed by atoms with van der Waals surface area (Å²) in [6, 6.07) is 8.51. The van der Waals surface area contributed by atoms with Gasteiger partial charge in [0.05, 0.1) is 7.11 Å². The first-order valence-electron chi connectivity index (χ1n) is 6.19. The Morgan fingerprint density at radius 3 is 2.75 bits per heavy atom. The maximum atomic E-state index is 5.46. The van der Waals surface area contributed by atoms with E-state index in [-0.39, 0.29) is 0 Å². The summed E-state index contributed by atoms with van der Waals surface area (Å²) in [4.78, 5) is 0. The van der Waals surface area contributed by atoms with Crippen molar-refractivity contribution >= 4 is 0 Å². The maximum Gasteiger partial charge on any atom is 0.122 e. The Labute approximate surface area is 97.0 Å². The van der Waals surface area contributed by atoms with Crippen molar-refractivity contribution in [2.45, 2.75) is 25.2 Å². The van der Waals surface area contributed by atoms with Gasteiger partial charge in [-0.25, -0.2) is 0 Å². The highest BCUT2D eigenvalue weighted by atomic mass is 16.5. The fourth-order valence-electron chi connectivity index (χ4n) is 3.22. The Kier molecular flexibility index (Phi) is 2.40. The van der Waals surface area contributed by atoms with Gasteiger partial charge >= 0.3 is 0 Å². The van der Waals surface area contributed by atoms with E-state index in [0.29, 0.717) is 5.41 Å². The van der Waals surface area contributed by atoms with Gasteiger partial charge in [0.15, 0.2) is 0 Å². The van der Waals surface area contributed by atoms with Crippen molar-refractivity contribution in [1.29, 1.82) is 0 Å². The largest absolute Gasteiger partial charge is 0.496 e. The van der Waals surface area contributed by atoms with Gasteiger partial charge in [0.1, 0.15) is 5.75 Å². The lowest BCUT2D eigenvalue weighted by molar-refractivity contribution is 0.338. The summed E-state index contributed by atoms with van der Waals surface area (Å²) in [5.41, 5.74) is 2.02. The van der Waals surface area contributed by atoms with E-state index in [0.717, 1.165) is 11.7 Å². The lowest BCUT2D eigenvalue weighted by atomic mass is 9.89. The second-order valence-corrected chi connectivity index (χ2v) is 5.11. The quantitative estimate of drug-likeness (QED) is 0.822. The van der Waals surface area contributed by atoms with Crippen molar-refractivity contribution in [3.8, 4) is 5.75 Å². The molecule has 86 valence electrons. The highest BCUT2D eigenvalue weighted by Gasteiger charge is 2.55. The number of hydrogen-bond donors (Lipinski definition) is 1. The van der Waals surface area contributed by atoms with Crippen LogP contribution in [0.2, 0.25) is 0 Å². The molecule has 1 spiro atoms.